The molecule has 0 saturated heterocycles. The lowest BCUT2D eigenvalue weighted by atomic mass is 9.75. The zero-order chi connectivity index (χ0) is 18.5. The van der Waals surface area contributed by atoms with Gasteiger partial charge in [-0.05, 0) is 30.7 Å². The van der Waals surface area contributed by atoms with E-state index in [4.69, 9.17) is 10.5 Å². The number of hydrogen-bond acceptors (Lipinski definition) is 4. The normalized spacial score (nSPS) is 27.3. The summed E-state index contributed by atoms with van der Waals surface area (Å²) in [7, 11) is 1.66. The zero-order valence-corrected chi connectivity index (χ0v) is 16.3. The molecular formula is C20H20BrN3O2. The summed E-state index contributed by atoms with van der Waals surface area (Å²) in [6.45, 7) is 2.03. The number of carbonyl (C=O) groups is 1. The van der Waals surface area contributed by atoms with Gasteiger partial charge in [0, 0.05) is 29.9 Å². The Morgan fingerprint density at radius 1 is 1.27 bits per heavy atom. The Morgan fingerprint density at radius 2 is 2.00 bits per heavy atom. The number of ether oxygens (including phenoxy) is 1. The summed E-state index contributed by atoms with van der Waals surface area (Å²) < 4.78 is 7.26. The highest BCUT2D eigenvalue weighted by Crippen LogP contribution is 2.50. The molecule has 2 heterocycles. The largest absolute Gasteiger partial charge is 0.487 e. The maximum atomic E-state index is 13.2. The number of guanidine groups is 1. The lowest BCUT2D eigenvalue weighted by molar-refractivity contribution is -0.133. The van der Waals surface area contributed by atoms with E-state index in [-0.39, 0.29) is 11.9 Å². The smallest absolute Gasteiger partial charge is 0.261 e. The van der Waals surface area contributed by atoms with Crippen LogP contribution in [0.5, 0.6) is 5.75 Å². The van der Waals surface area contributed by atoms with Crippen molar-refractivity contribution < 1.29 is 9.53 Å². The molecule has 0 radical (unpaired) electrons. The first-order valence-corrected chi connectivity index (χ1v) is 9.29. The van der Waals surface area contributed by atoms with E-state index >= 15 is 0 Å². The van der Waals surface area contributed by atoms with Gasteiger partial charge in [0.1, 0.15) is 11.4 Å². The molecule has 26 heavy (non-hydrogen) atoms. The molecule has 134 valence electrons. The third kappa shape index (κ3) is 2.60. The number of amides is 1. The molecule has 2 aliphatic rings. The minimum atomic E-state index is -1.04. The molecule has 0 saturated carbocycles. The van der Waals surface area contributed by atoms with Crippen molar-refractivity contribution >= 4 is 27.8 Å². The Bertz CT molecular complexity index is 915. The Kier molecular flexibility index (Phi) is 3.84. The predicted octanol–water partition coefficient (Wildman–Crippen LogP) is 3.22. The highest BCUT2D eigenvalue weighted by Gasteiger charge is 2.56. The van der Waals surface area contributed by atoms with Gasteiger partial charge in [0.15, 0.2) is 11.5 Å². The molecule has 0 aliphatic carbocycles. The van der Waals surface area contributed by atoms with E-state index in [1.807, 2.05) is 43.3 Å². The van der Waals surface area contributed by atoms with Gasteiger partial charge in [-0.3, -0.25) is 9.69 Å². The van der Waals surface area contributed by atoms with Gasteiger partial charge in [-0.15, -0.1) is 0 Å². The van der Waals surface area contributed by atoms with Crippen LogP contribution in [0.3, 0.4) is 0 Å². The Labute approximate surface area is 161 Å². The fraction of sp³-hybridized carbons (Fsp3) is 0.300. The monoisotopic (exact) mass is 413 g/mol. The van der Waals surface area contributed by atoms with Crippen molar-refractivity contribution in [3.63, 3.8) is 0 Å². The van der Waals surface area contributed by atoms with Crippen LogP contribution in [0.4, 0.5) is 0 Å². The van der Waals surface area contributed by atoms with Gasteiger partial charge in [0.05, 0.1) is 0 Å². The molecule has 1 spiro atoms. The number of fused-ring (bicyclic) bond motifs is 2. The summed E-state index contributed by atoms with van der Waals surface area (Å²) in [6.07, 6.45) is 1.11. The van der Waals surface area contributed by atoms with Crippen LogP contribution in [0.2, 0.25) is 0 Å². The SMILES string of the molecule is CN1C(=O)C2(C[C@@](C)(Cc3ccccc3)Oc3ccc(Br)cc32)N=C1N. The molecule has 2 aromatic rings. The Balaban J connectivity index is 1.84. The van der Waals surface area contributed by atoms with Gasteiger partial charge in [-0.2, -0.15) is 0 Å². The van der Waals surface area contributed by atoms with E-state index in [1.54, 1.807) is 7.05 Å². The molecular weight excluding hydrogens is 394 g/mol. The number of likely N-dealkylation sites (N-methyl/N-ethyl adjacent to an activating group) is 1. The number of carbonyl (C=O) groups excluding carboxylic acids is 1. The zero-order valence-electron chi connectivity index (χ0n) is 14.7. The molecule has 0 aromatic heterocycles. The highest BCUT2D eigenvalue weighted by molar-refractivity contribution is 9.10. The number of nitrogens with zero attached hydrogens (tertiary/aromatic N) is 2. The van der Waals surface area contributed by atoms with Crippen molar-refractivity contribution in [2.45, 2.75) is 30.9 Å². The summed E-state index contributed by atoms with van der Waals surface area (Å²) in [5.41, 5.74) is 6.31. The molecule has 0 bridgehead atoms. The number of rotatable bonds is 2. The van der Waals surface area contributed by atoms with E-state index in [1.165, 1.54) is 4.90 Å². The predicted molar refractivity (Wildman–Crippen MR) is 104 cm³/mol. The van der Waals surface area contributed by atoms with Crippen LogP contribution in [0.15, 0.2) is 58.0 Å². The van der Waals surface area contributed by atoms with Crippen LogP contribution >= 0.6 is 15.9 Å². The number of nitrogens with two attached hydrogens (primary N) is 1. The molecule has 2 N–H and O–H groups in total. The average Bonchev–Trinajstić information content (AvgIpc) is 2.81. The first-order chi connectivity index (χ1) is 12.3. The molecule has 4 rings (SSSR count). The van der Waals surface area contributed by atoms with Crippen LogP contribution in [-0.2, 0) is 16.8 Å². The molecule has 1 amide bonds. The molecule has 2 aliphatic heterocycles. The van der Waals surface area contributed by atoms with Crippen LogP contribution in [-0.4, -0.2) is 29.4 Å². The van der Waals surface area contributed by atoms with Gasteiger partial charge in [-0.1, -0.05) is 46.3 Å². The summed E-state index contributed by atoms with van der Waals surface area (Å²) in [6, 6.07) is 15.8. The second-order valence-electron chi connectivity index (χ2n) is 7.23. The number of halogens is 1. The van der Waals surface area contributed by atoms with Gasteiger partial charge < -0.3 is 10.5 Å². The minimum absolute atomic E-state index is 0.114. The van der Waals surface area contributed by atoms with Gasteiger partial charge in [0.25, 0.3) is 5.91 Å². The quantitative estimate of drug-likeness (QED) is 0.821. The molecule has 2 atom stereocenters. The van der Waals surface area contributed by atoms with E-state index in [2.05, 4.69) is 33.1 Å². The first-order valence-electron chi connectivity index (χ1n) is 8.49. The fourth-order valence-corrected chi connectivity index (χ4v) is 4.33. The summed E-state index contributed by atoms with van der Waals surface area (Å²) in [5.74, 6) is 0.805. The lowest BCUT2D eigenvalue weighted by Crippen LogP contribution is -2.51. The number of benzene rings is 2. The summed E-state index contributed by atoms with van der Waals surface area (Å²) in [5, 5.41) is 0. The van der Waals surface area contributed by atoms with Crippen LogP contribution in [0, 0.1) is 0 Å². The maximum Gasteiger partial charge on any atom is 0.261 e. The van der Waals surface area contributed by atoms with E-state index in [0.29, 0.717) is 18.6 Å². The van der Waals surface area contributed by atoms with Crippen molar-refractivity contribution in [1.29, 1.82) is 0 Å². The molecule has 2 aromatic carbocycles. The van der Waals surface area contributed by atoms with Gasteiger partial charge in [-0.25, -0.2) is 4.99 Å². The first kappa shape index (κ1) is 17.1. The summed E-state index contributed by atoms with van der Waals surface area (Å²) >= 11 is 3.49. The van der Waals surface area contributed by atoms with Gasteiger partial charge in [0.2, 0.25) is 0 Å². The molecule has 6 heteroatoms. The standard InChI is InChI=1S/C20H20BrN3O2/c1-19(11-13-6-4-3-5-7-13)12-20(17(25)24(2)18(22)23-20)15-10-14(21)8-9-16(15)26-19/h3-10H,11-12H2,1-2H3,(H2,22,23)/t19-,20?/m1/s1. The number of aliphatic imine (C=N–C) groups is 1. The van der Waals surface area contributed by atoms with Crippen LogP contribution in [0.25, 0.3) is 0 Å². The molecule has 5 nitrogen and oxygen atoms in total. The molecule has 1 unspecified atom stereocenters. The Morgan fingerprint density at radius 3 is 2.65 bits per heavy atom. The lowest BCUT2D eigenvalue weighted by Gasteiger charge is -2.43. The molecule has 0 fully saturated rings. The topological polar surface area (TPSA) is 67.9 Å². The van der Waals surface area contributed by atoms with Crippen molar-refractivity contribution in [2.75, 3.05) is 7.05 Å². The van der Waals surface area contributed by atoms with Crippen LogP contribution < -0.4 is 10.5 Å². The highest BCUT2D eigenvalue weighted by atomic mass is 79.9. The van der Waals surface area contributed by atoms with Crippen molar-refractivity contribution in [3.05, 3.63) is 64.1 Å². The van der Waals surface area contributed by atoms with Crippen molar-refractivity contribution in [1.82, 2.24) is 4.90 Å². The summed E-state index contributed by atoms with van der Waals surface area (Å²) in [4.78, 5) is 19.2. The second-order valence-corrected chi connectivity index (χ2v) is 8.14. The Hall–Kier alpha value is -2.34. The average molecular weight is 414 g/mol. The van der Waals surface area contributed by atoms with Gasteiger partial charge >= 0.3 is 0 Å². The van der Waals surface area contributed by atoms with E-state index in [9.17, 15) is 4.79 Å². The minimum Gasteiger partial charge on any atom is -0.487 e. The van der Waals surface area contributed by atoms with E-state index in [0.717, 1.165) is 15.6 Å². The third-order valence-corrected chi connectivity index (χ3v) is 5.59. The van der Waals surface area contributed by atoms with Crippen molar-refractivity contribution in [2.24, 2.45) is 10.7 Å². The van der Waals surface area contributed by atoms with Crippen molar-refractivity contribution in [3.8, 4) is 5.75 Å². The second kappa shape index (κ2) is 5.84. The number of hydrogen-bond donors (Lipinski definition) is 1. The van der Waals surface area contributed by atoms with Crippen LogP contribution in [0.1, 0.15) is 24.5 Å². The fourth-order valence-electron chi connectivity index (χ4n) is 3.97. The van der Waals surface area contributed by atoms with E-state index < -0.39 is 11.1 Å². The third-order valence-electron chi connectivity index (χ3n) is 5.10. The maximum absolute atomic E-state index is 13.2.